The molecule has 4 aliphatic rings. The van der Waals surface area contributed by atoms with Gasteiger partial charge in [0.05, 0.1) is 13.2 Å². The van der Waals surface area contributed by atoms with E-state index < -0.39 is 160 Å². The molecule has 14 N–H and O–H groups in total. The molecule has 25 heteroatoms. The first-order valence-corrected chi connectivity index (χ1v) is 16.1. The van der Waals surface area contributed by atoms with Gasteiger partial charge in [0.2, 0.25) is 11.8 Å². The van der Waals surface area contributed by atoms with Crippen LogP contribution >= 0.6 is 0 Å². The first-order valence-electron chi connectivity index (χ1n) is 16.1. The lowest BCUT2D eigenvalue weighted by Crippen LogP contribution is -2.70. The minimum absolute atomic E-state index is 0.752. The third-order valence-electron chi connectivity index (χ3n) is 8.94. The molecule has 0 unspecified atom stereocenters. The van der Waals surface area contributed by atoms with Crippen LogP contribution in [0.5, 0.6) is 0 Å². The molecule has 0 aliphatic carbocycles. The fourth-order valence-electron chi connectivity index (χ4n) is 6.30. The highest BCUT2D eigenvalue weighted by molar-refractivity contribution is 5.74. The number of carbonyl (C=O) groups is 4. The van der Waals surface area contributed by atoms with Crippen LogP contribution in [0.3, 0.4) is 0 Å². The maximum Gasteiger partial charge on any atom is 0.335 e. The van der Waals surface area contributed by atoms with E-state index in [0.717, 1.165) is 13.8 Å². The number of nitrogens with one attached hydrogen (secondary N) is 2. The zero-order chi connectivity index (χ0) is 39.6. The van der Waals surface area contributed by atoms with Crippen molar-refractivity contribution in [2.75, 3.05) is 13.2 Å². The summed E-state index contributed by atoms with van der Waals surface area (Å²) in [5.74, 6) is -5.28. The lowest BCUT2D eigenvalue weighted by Gasteiger charge is -2.49. The van der Waals surface area contributed by atoms with Gasteiger partial charge in [0, 0.05) is 13.8 Å². The third kappa shape index (κ3) is 9.19. The van der Waals surface area contributed by atoms with Gasteiger partial charge in [-0.15, -0.1) is 0 Å². The molecule has 2 amide bonds. The fourth-order valence-corrected chi connectivity index (χ4v) is 6.30. The smallest absolute Gasteiger partial charge is 0.335 e. The highest BCUT2D eigenvalue weighted by Gasteiger charge is 2.57. The first-order chi connectivity index (χ1) is 24.8. The van der Waals surface area contributed by atoms with E-state index in [2.05, 4.69) is 10.6 Å². The average Bonchev–Trinajstić information content (AvgIpc) is 3.08. The van der Waals surface area contributed by atoms with Crippen molar-refractivity contribution in [1.29, 1.82) is 0 Å². The van der Waals surface area contributed by atoms with Crippen LogP contribution in [0.4, 0.5) is 0 Å². The van der Waals surface area contributed by atoms with Crippen LogP contribution in [-0.2, 0) is 52.3 Å². The summed E-state index contributed by atoms with van der Waals surface area (Å²) < 4.78 is 38.0. The lowest BCUT2D eigenvalue weighted by molar-refractivity contribution is -0.368. The number of carboxylic acid groups (broad SMARTS) is 2. The summed E-state index contributed by atoms with van der Waals surface area (Å²) in [5.41, 5.74) is 0. The highest BCUT2D eigenvalue weighted by atomic mass is 16.8. The van der Waals surface area contributed by atoms with Gasteiger partial charge in [-0.3, -0.25) is 9.59 Å². The second-order valence-electron chi connectivity index (χ2n) is 12.7. The van der Waals surface area contributed by atoms with Crippen molar-refractivity contribution in [2.45, 2.75) is 137 Å². The Hall–Kier alpha value is -2.80. The number of amides is 2. The van der Waals surface area contributed by atoms with E-state index in [1.54, 1.807) is 0 Å². The Morgan fingerprint density at radius 1 is 0.509 bits per heavy atom. The number of ether oxygens (including phenoxy) is 7. The van der Waals surface area contributed by atoms with Crippen molar-refractivity contribution in [3.63, 3.8) is 0 Å². The predicted octanol–water partition coefficient (Wildman–Crippen LogP) is -9.28. The summed E-state index contributed by atoms with van der Waals surface area (Å²) in [6.07, 6.45) is -36.5. The predicted molar refractivity (Wildman–Crippen MR) is 158 cm³/mol. The Balaban J connectivity index is 1.62. The molecule has 4 rings (SSSR count). The molecule has 304 valence electrons. The van der Waals surface area contributed by atoms with E-state index in [0.29, 0.717) is 0 Å². The normalized spacial score (nSPS) is 46.3. The fraction of sp³-hybridized carbons (Fsp3) is 0.857. The Bertz CT molecular complexity index is 1300. The number of aliphatic carboxylic acids is 2. The van der Waals surface area contributed by atoms with Crippen LogP contribution in [0.1, 0.15) is 13.8 Å². The third-order valence-corrected chi connectivity index (χ3v) is 8.94. The van der Waals surface area contributed by atoms with E-state index in [-0.39, 0.29) is 0 Å². The van der Waals surface area contributed by atoms with E-state index in [9.17, 15) is 80.5 Å². The molecule has 0 bridgehead atoms. The lowest BCUT2D eigenvalue weighted by atomic mass is 9.94. The van der Waals surface area contributed by atoms with Crippen LogP contribution in [0.25, 0.3) is 0 Å². The summed E-state index contributed by atoms with van der Waals surface area (Å²) >= 11 is 0. The van der Waals surface area contributed by atoms with Gasteiger partial charge in [0.25, 0.3) is 0 Å². The topological polar surface area (TPSA) is 400 Å². The summed E-state index contributed by atoms with van der Waals surface area (Å²) in [7, 11) is 0. The number of hydrogen-bond donors (Lipinski definition) is 14. The van der Waals surface area contributed by atoms with Crippen LogP contribution in [0.15, 0.2) is 0 Å². The maximum absolute atomic E-state index is 12.5. The van der Waals surface area contributed by atoms with Gasteiger partial charge in [0.1, 0.15) is 85.3 Å². The Kier molecular flexibility index (Phi) is 14.4. The minimum Gasteiger partial charge on any atom is -0.479 e. The van der Waals surface area contributed by atoms with Crippen molar-refractivity contribution in [3.05, 3.63) is 0 Å². The van der Waals surface area contributed by atoms with Crippen molar-refractivity contribution in [1.82, 2.24) is 10.6 Å². The van der Waals surface area contributed by atoms with Crippen molar-refractivity contribution < 1.29 is 114 Å². The SMILES string of the molecule is CC(=O)N[C@@H]1[C@H](O[C@@H]2O[C@H](C(=O)O)[C@@H](O[C@@H]3O[C@H](CO)[C@@H](O)[C@H](O[C@@H]4O[C@H](C(=O)O)[C@@H](O)[C@H](O)[C@H]4O)[C@H]3NC(C)=O)[C@H](O)[C@H]2O)[C@H](O)[C@@H](CO)O[C@H]1O. The van der Waals surface area contributed by atoms with E-state index in [4.69, 9.17) is 33.2 Å². The molecule has 0 aromatic carbocycles. The van der Waals surface area contributed by atoms with Gasteiger partial charge in [-0.05, 0) is 0 Å². The summed E-state index contributed by atoms with van der Waals surface area (Å²) in [6, 6.07) is -3.38. The average molecular weight is 777 g/mol. The Labute approximate surface area is 298 Å². The zero-order valence-electron chi connectivity index (χ0n) is 27.8. The molecule has 25 nitrogen and oxygen atoms in total. The van der Waals surface area contributed by atoms with E-state index in [1.165, 1.54) is 0 Å². The summed E-state index contributed by atoms with van der Waals surface area (Å²) in [4.78, 5) is 48.2. The minimum atomic E-state index is -2.30. The van der Waals surface area contributed by atoms with Crippen molar-refractivity contribution in [3.8, 4) is 0 Å². The number of hydrogen-bond acceptors (Lipinski definition) is 21. The van der Waals surface area contributed by atoms with Crippen molar-refractivity contribution in [2.24, 2.45) is 0 Å². The van der Waals surface area contributed by atoms with E-state index in [1.807, 2.05) is 0 Å². The molecule has 4 heterocycles. The standard InChI is InChI=1S/C28H44N2O23/c1-5(33)29-9-18(11(35)7(3-31)47-25(9)46)49-28-17(41)15(39)20(22(53-28)24(44)45)51-26-10(30-6(2)34)19(12(36)8(4-32)48-26)50-27-16(40)13(37)14(38)21(52-27)23(42)43/h7-22,25-28,31-32,35-41,46H,3-4H2,1-2H3,(H,29,33)(H,30,34)(H,42,43)(H,44,45)/t7-,8-,9-,10-,11-,12-,13+,14+,15-,16-,17-,18+,19-,20+,21+,22+,25-,26+,27-,28-/m1/s1. The van der Waals surface area contributed by atoms with Gasteiger partial charge < -0.3 is 105 Å². The second kappa shape index (κ2) is 17.8. The summed E-state index contributed by atoms with van der Waals surface area (Å²) in [5, 5.41) is 129. The molecule has 0 aromatic rings. The van der Waals surface area contributed by atoms with Crippen LogP contribution in [0.2, 0.25) is 0 Å². The zero-order valence-corrected chi connectivity index (χ0v) is 27.8. The van der Waals surface area contributed by atoms with Crippen LogP contribution in [-0.4, -0.2) is 221 Å². The first kappa shape index (κ1) is 42.9. The van der Waals surface area contributed by atoms with Gasteiger partial charge in [-0.25, -0.2) is 9.59 Å². The number of aliphatic hydroxyl groups is 10. The number of aliphatic hydroxyl groups excluding tert-OH is 10. The van der Waals surface area contributed by atoms with Crippen molar-refractivity contribution >= 4 is 23.8 Å². The molecular formula is C28H44N2O23. The molecule has 20 atom stereocenters. The van der Waals surface area contributed by atoms with Gasteiger partial charge >= 0.3 is 11.9 Å². The number of rotatable bonds is 12. The molecule has 4 aliphatic heterocycles. The Morgan fingerprint density at radius 3 is 1.43 bits per heavy atom. The molecule has 4 fully saturated rings. The molecule has 0 aromatic heterocycles. The Morgan fingerprint density at radius 2 is 0.943 bits per heavy atom. The maximum atomic E-state index is 12.5. The van der Waals surface area contributed by atoms with E-state index >= 15 is 0 Å². The monoisotopic (exact) mass is 776 g/mol. The second-order valence-corrected chi connectivity index (χ2v) is 12.7. The number of carboxylic acids is 2. The summed E-state index contributed by atoms with van der Waals surface area (Å²) in [6.45, 7) is 0.116. The largest absolute Gasteiger partial charge is 0.479 e. The highest BCUT2D eigenvalue weighted by Crippen LogP contribution is 2.34. The van der Waals surface area contributed by atoms with Gasteiger partial charge in [-0.1, -0.05) is 0 Å². The molecular weight excluding hydrogens is 732 g/mol. The van der Waals surface area contributed by atoms with Gasteiger partial charge in [-0.2, -0.15) is 0 Å². The quantitative estimate of drug-likeness (QED) is 0.0875. The van der Waals surface area contributed by atoms with Gasteiger partial charge in [0.15, 0.2) is 37.4 Å². The number of carbonyl (C=O) groups excluding carboxylic acids is 2. The molecule has 0 saturated carbocycles. The molecule has 4 saturated heterocycles. The van der Waals surface area contributed by atoms with Crippen LogP contribution < -0.4 is 10.6 Å². The van der Waals surface area contributed by atoms with Crippen LogP contribution in [0, 0.1) is 0 Å². The molecule has 0 radical (unpaired) electrons. The molecule has 53 heavy (non-hydrogen) atoms. The molecule has 0 spiro atoms.